The van der Waals surface area contributed by atoms with E-state index in [4.69, 9.17) is 9.15 Å². The minimum atomic E-state index is 0. The summed E-state index contributed by atoms with van der Waals surface area (Å²) >= 11 is 0. The third kappa shape index (κ3) is 6.86. The number of furan rings is 1. The van der Waals surface area contributed by atoms with Gasteiger partial charge in [-0.05, 0) is 56.5 Å². The zero-order valence-corrected chi connectivity index (χ0v) is 22.4. The zero-order valence-electron chi connectivity index (χ0n) is 20.0. The van der Waals surface area contributed by atoms with Crippen molar-refractivity contribution in [2.45, 2.75) is 38.8 Å². The molecule has 2 aliphatic heterocycles. The fourth-order valence-electron chi connectivity index (χ4n) is 4.57. The first-order chi connectivity index (χ1) is 15.6. The van der Waals surface area contributed by atoms with Gasteiger partial charge in [-0.1, -0.05) is 12.1 Å². The number of halogens is 1. The molecule has 2 aromatic rings. The Bertz CT molecular complexity index is 890. The predicted octanol–water partition coefficient (Wildman–Crippen LogP) is 4.11. The lowest BCUT2D eigenvalue weighted by molar-refractivity contribution is 0.0124. The third-order valence-electron chi connectivity index (χ3n) is 6.46. The molecule has 0 bridgehead atoms. The Hall–Kier alpha value is -1.78. The fraction of sp³-hybridized carbons (Fsp3) is 0.560. The maximum absolute atomic E-state index is 5.99. The van der Waals surface area contributed by atoms with Gasteiger partial charge in [0.15, 0.2) is 5.96 Å². The molecule has 7 nitrogen and oxygen atoms in total. The number of benzene rings is 1. The zero-order chi connectivity index (χ0) is 22.3. The molecular formula is C25H38IN5O2. The number of rotatable bonds is 7. The van der Waals surface area contributed by atoms with Crippen LogP contribution in [0.1, 0.15) is 48.9 Å². The Morgan fingerprint density at radius 2 is 1.85 bits per heavy atom. The number of hydrogen-bond acceptors (Lipinski definition) is 5. The maximum Gasteiger partial charge on any atom is 0.191 e. The number of nitrogens with zero attached hydrogens (tertiary/aromatic N) is 3. The molecule has 8 heteroatoms. The maximum atomic E-state index is 5.99. The average molecular weight is 568 g/mol. The summed E-state index contributed by atoms with van der Waals surface area (Å²) in [6.45, 7) is 10.5. The predicted molar refractivity (Wildman–Crippen MR) is 145 cm³/mol. The van der Waals surface area contributed by atoms with Gasteiger partial charge in [0.05, 0.1) is 25.3 Å². The normalized spacial score (nSPS) is 19.1. The molecular weight excluding hydrogens is 529 g/mol. The lowest BCUT2D eigenvalue weighted by Gasteiger charge is -2.34. The van der Waals surface area contributed by atoms with E-state index >= 15 is 0 Å². The summed E-state index contributed by atoms with van der Waals surface area (Å²) in [5.74, 6) is 2.72. The van der Waals surface area contributed by atoms with Crippen LogP contribution in [0.4, 0.5) is 5.69 Å². The second-order valence-corrected chi connectivity index (χ2v) is 8.72. The van der Waals surface area contributed by atoms with Gasteiger partial charge in [0.1, 0.15) is 11.5 Å². The molecule has 2 saturated heterocycles. The number of aliphatic imine (C=N–C) groups is 1. The van der Waals surface area contributed by atoms with Crippen molar-refractivity contribution >= 4 is 35.6 Å². The highest BCUT2D eigenvalue weighted by Crippen LogP contribution is 2.25. The van der Waals surface area contributed by atoms with Crippen LogP contribution in [0.3, 0.4) is 0 Å². The molecule has 0 radical (unpaired) electrons. The summed E-state index contributed by atoms with van der Waals surface area (Å²) in [6.07, 6.45) is 2.57. The highest BCUT2D eigenvalue weighted by Gasteiger charge is 2.25. The van der Waals surface area contributed by atoms with Crippen molar-refractivity contribution in [3.05, 3.63) is 53.5 Å². The van der Waals surface area contributed by atoms with Crippen LogP contribution in [0.2, 0.25) is 0 Å². The Balaban J connectivity index is 0.00000306. The van der Waals surface area contributed by atoms with Crippen molar-refractivity contribution in [3.8, 4) is 0 Å². The summed E-state index contributed by atoms with van der Waals surface area (Å²) in [4.78, 5) is 9.37. The van der Waals surface area contributed by atoms with Crippen LogP contribution >= 0.6 is 24.0 Å². The van der Waals surface area contributed by atoms with E-state index in [2.05, 4.69) is 62.7 Å². The van der Waals surface area contributed by atoms with E-state index in [1.807, 2.05) is 20.0 Å². The molecule has 0 saturated carbocycles. The van der Waals surface area contributed by atoms with E-state index in [0.717, 1.165) is 56.9 Å². The van der Waals surface area contributed by atoms with Gasteiger partial charge >= 0.3 is 0 Å². The second kappa shape index (κ2) is 12.6. The lowest BCUT2D eigenvalue weighted by atomic mass is 10.1. The molecule has 33 heavy (non-hydrogen) atoms. The van der Waals surface area contributed by atoms with Gasteiger partial charge in [-0.2, -0.15) is 0 Å². The van der Waals surface area contributed by atoms with Crippen molar-refractivity contribution in [1.29, 1.82) is 0 Å². The van der Waals surface area contributed by atoms with Crippen LogP contribution in [0.5, 0.6) is 0 Å². The van der Waals surface area contributed by atoms with Gasteiger partial charge in [0, 0.05) is 45.5 Å². The summed E-state index contributed by atoms with van der Waals surface area (Å²) in [5, 5.41) is 7.09. The number of guanidine groups is 1. The molecule has 2 N–H and O–H groups in total. The summed E-state index contributed by atoms with van der Waals surface area (Å²) < 4.78 is 11.5. The highest BCUT2D eigenvalue weighted by molar-refractivity contribution is 14.0. The topological polar surface area (TPSA) is 65.3 Å². The third-order valence-corrected chi connectivity index (χ3v) is 6.46. The van der Waals surface area contributed by atoms with Crippen LogP contribution in [0.15, 0.2) is 45.8 Å². The first-order valence-corrected chi connectivity index (χ1v) is 11.8. The molecule has 2 atom stereocenters. The smallest absolute Gasteiger partial charge is 0.191 e. The van der Waals surface area contributed by atoms with Gasteiger partial charge in [0.2, 0.25) is 0 Å². The molecule has 2 unspecified atom stereocenters. The van der Waals surface area contributed by atoms with E-state index in [1.165, 1.54) is 24.1 Å². The van der Waals surface area contributed by atoms with E-state index in [0.29, 0.717) is 6.54 Å². The Morgan fingerprint density at radius 1 is 1.09 bits per heavy atom. The fourth-order valence-corrected chi connectivity index (χ4v) is 4.57. The van der Waals surface area contributed by atoms with E-state index in [-0.39, 0.29) is 36.1 Å². The minimum Gasteiger partial charge on any atom is -0.465 e. The summed E-state index contributed by atoms with van der Waals surface area (Å²) in [6, 6.07) is 13.3. The molecule has 0 aliphatic carbocycles. The van der Waals surface area contributed by atoms with Crippen LogP contribution in [0, 0.1) is 6.92 Å². The number of anilines is 1. The van der Waals surface area contributed by atoms with Gasteiger partial charge < -0.3 is 24.7 Å². The first-order valence-electron chi connectivity index (χ1n) is 11.8. The van der Waals surface area contributed by atoms with Gasteiger partial charge in [-0.3, -0.25) is 9.89 Å². The van der Waals surface area contributed by atoms with Gasteiger partial charge in [-0.15, -0.1) is 24.0 Å². The molecule has 2 fully saturated rings. The average Bonchev–Trinajstić information content (AvgIpc) is 3.51. The standard InChI is InChI=1S/C25H37N5O2.HI/c1-19-9-10-24(32-19)23(30-13-15-31-16-14-30)18-27-25(26-3)28-20(2)21-7-6-8-22(17-21)29-11-4-5-12-29;/h6-10,17,20,23H,4-5,11-16,18H2,1-3H3,(H2,26,27,28);1H. The number of morpholine rings is 1. The molecule has 4 rings (SSSR count). The minimum absolute atomic E-state index is 0. The Kier molecular flexibility index (Phi) is 9.88. The number of ether oxygens (including phenoxy) is 1. The van der Waals surface area contributed by atoms with Crippen LogP contribution < -0.4 is 15.5 Å². The molecule has 0 amide bonds. The van der Waals surface area contributed by atoms with Crippen LogP contribution in [0.25, 0.3) is 0 Å². The molecule has 2 aliphatic rings. The van der Waals surface area contributed by atoms with Gasteiger partial charge in [-0.25, -0.2) is 0 Å². The van der Waals surface area contributed by atoms with E-state index < -0.39 is 0 Å². The van der Waals surface area contributed by atoms with Crippen molar-refractivity contribution in [1.82, 2.24) is 15.5 Å². The second-order valence-electron chi connectivity index (χ2n) is 8.72. The number of aryl methyl sites for hydroxylation is 1. The largest absolute Gasteiger partial charge is 0.465 e. The Morgan fingerprint density at radius 3 is 2.52 bits per heavy atom. The van der Waals surface area contributed by atoms with Crippen LogP contribution in [-0.4, -0.2) is 63.8 Å². The molecule has 1 aromatic heterocycles. The molecule has 182 valence electrons. The lowest BCUT2D eigenvalue weighted by Crippen LogP contribution is -2.46. The first kappa shape index (κ1) is 25.8. The van der Waals surface area contributed by atoms with Crippen molar-refractivity contribution < 1.29 is 9.15 Å². The summed E-state index contributed by atoms with van der Waals surface area (Å²) in [7, 11) is 1.82. The number of nitrogens with one attached hydrogen (secondary N) is 2. The molecule has 0 spiro atoms. The molecule has 1 aromatic carbocycles. The monoisotopic (exact) mass is 567 g/mol. The summed E-state index contributed by atoms with van der Waals surface area (Å²) in [5.41, 5.74) is 2.58. The SMILES string of the molecule is CN=C(NCC(c1ccc(C)o1)N1CCOCC1)NC(C)c1cccc(N2CCCC2)c1.I. The number of hydrogen-bond donors (Lipinski definition) is 2. The van der Waals surface area contributed by atoms with Crippen molar-refractivity contribution in [2.24, 2.45) is 4.99 Å². The van der Waals surface area contributed by atoms with Crippen molar-refractivity contribution in [3.63, 3.8) is 0 Å². The van der Waals surface area contributed by atoms with E-state index in [1.54, 1.807) is 0 Å². The van der Waals surface area contributed by atoms with Crippen molar-refractivity contribution in [2.75, 3.05) is 57.9 Å². The molecule has 3 heterocycles. The quantitative estimate of drug-likeness (QED) is 0.299. The van der Waals surface area contributed by atoms with Gasteiger partial charge in [0.25, 0.3) is 0 Å². The highest BCUT2D eigenvalue weighted by atomic mass is 127. The van der Waals surface area contributed by atoms with E-state index in [9.17, 15) is 0 Å². The van der Waals surface area contributed by atoms with Crippen LogP contribution in [-0.2, 0) is 4.74 Å². The Labute approximate surface area is 215 Å².